The minimum Gasteiger partial charge on any atom is -0.493 e. The van der Waals surface area contributed by atoms with E-state index in [0.29, 0.717) is 49.7 Å². The Bertz CT molecular complexity index is 1010. The summed E-state index contributed by atoms with van der Waals surface area (Å²) < 4.78 is 7.92. The Hall–Kier alpha value is -2.58. The number of rotatable bonds is 8. The van der Waals surface area contributed by atoms with Crippen LogP contribution in [0.5, 0.6) is 5.75 Å². The first-order valence-corrected chi connectivity index (χ1v) is 12.8. The third-order valence-corrected chi connectivity index (χ3v) is 7.52. The van der Waals surface area contributed by atoms with Gasteiger partial charge in [-0.05, 0) is 50.1 Å². The molecule has 4 rings (SSSR count). The number of hydrogen-bond acceptors (Lipinski definition) is 5. The number of carbonyl (C=O) groups is 2. The molecule has 2 fully saturated rings. The van der Waals surface area contributed by atoms with E-state index in [1.54, 1.807) is 10.7 Å². The second-order valence-electron chi connectivity index (χ2n) is 10.0. The molecule has 0 atom stereocenters. The van der Waals surface area contributed by atoms with Gasteiger partial charge < -0.3 is 19.4 Å². The molecule has 190 valence electrons. The molecule has 0 radical (unpaired) electrons. The number of piperazine rings is 1. The first-order valence-electron chi connectivity index (χ1n) is 12.4. The summed E-state index contributed by atoms with van der Waals surface area (Å²) in [5.41, 5.74) is 0.767. The van der Waals surface area contributed by atoms with Crippen molar-refractivity contribution in [1.29, 1.82) is 0 Å². The Morgan fingerprint density at radius 2 is 1.74 bits per heavy atom. The van der Waals surface area contributed by atoms with Gasteiger partial charge in [0, 0.05) is 75.8 Å². The Kier molecular flexibility index (Phi) is 8.34. The molecule has 1 aromatic heterocycles. The first kappa shape index (κ1) is 25.5. The van der Waals surface area contributed by atoms with Gasteiger partial charge in [0.15, 0.2) is 0 Å². The van der Waals surface area contributed by atoms with Crippen molar-refractivity contribution in [3.63, 3.8) is 0 Å². The van der Waals surface area contributed by atoms with Crippen LogP contribution in [0.25, 0.3) is 0 Å². The van der Waals surface area contributed by atoms with Crippen molar-refractivity contribution in [3.05, 3.63) is 47.2 Å². The monoisotopic (exact) mass is 501 g/mol. The summed E-state index contributed by atoms with van der Waals surface area (Å²) in [6.45, 7) is 5.04. The summed E-state index contributed by atoms with van der Waals surface area (Å²) in [6, 6.07) is 7.37. The number of amides is 2. The highest BCUT2D eigenvalue weighted by Gasteiger charge is 2.40. The number of aryl methyl sites for hydroxylation is 2. The highest BCUT2D eigenvalue weighted by molar-refractivity contribution is 6.30. The molecular formula is C26H36ClN5O3. The van der Waals surface area contributed by atoms with Crippen LogP contribution in [0.2, 0.25) is 5.02 Å². The maximum absolute atomic E-state index is 13.3. The zero-order chi connectivity index (χ0) is 24.8. The van der Waals surface area contributed by atoms with E-state index in [0.717, 1.165) is 44.6 Å². The molecule has 9 heteroatoms. The van der Waals surface area contributed by atoms with Crippen LogP contribution in [0.3, 0.4) is 0 Å². The number of likely N-dealkylation sites (tertiary alicyclic amines) is 1. The summed E-state index contributed by atoms with van der Waals surface area (Å²) in [6.07, 6.45) is 6.84. The lowest BCUT2D eigenvalue weighted by Gasteiger charge is -2.43. The Morgan fingerprint density at radius 1 is 1.03 bits per heavy atom. The van der Waals surface area contributed by atoms with Gasteiger partial charge in [-0.25, -0.2) is 0 Å². The van der Waals surface area contributed by atoms with E-state index in [4.69, 9.17) is 16.3 Å². The van der Waals surface area contributed by atoms with E-state index in [1.165, 1.54) is 0 Å². The minimum atomic E-state index is -0.303. The van der Waals surface area contributed by atoms with Crippen molar-refractivity contribution in [2.75, 3.05) is 52.9 Å². The highest BCUT2D eigenvalue weighted by atomic mass is 35.5. The predicted octanol–water partition coefficient (Wildman–Crippen LogP) is 2.86. The van der Waals surface area contributed by atoms with E-state index in [-0.39, 0.29) is 17.2 Å². The van der Waals surface area contributed by atoms with Gasteiger partial charge in [0.1, 0.15) is 5.75 Å². The van der Waals surface area contributed by atoms with Gasteiger partial charge in [-0.15, -0.1) is 0 Å². The molecule has 0 bridgehead atoms. The summed E-state index contributed by atoms with van der Waals surface area (Å²) in [4.78, 5) is 32.3. The molecule has 0 N–H and O–H groups in total. The number of benzene rings is 1. The average Bonchev–Trinajstić information content (AvgIpc) is 3.27. The minimum absolute atomic E-state index is 0.156. The number of ether oxygens (including phenoxy) is 1. The highest BCUT2D eigenvalue weighted by Crippen LogP contribution is 2.37. The molecule has 35 heavy (non-hydrogen) atoms. The maximum Gasteiger partial charge on any atom is 0.223 e. The quantitative estimate of drug-likeness (QED) is 0.556. The molecule has 2 saturated heterocycles. The van der Waals surface area contributed by atoms with Crippen LogP contribution in [-0.4, -0.2) is 89.2 Å². The van der Waals surface area contributed by atoms with Crippen LogP contribution >= 0.6 is 11.6 Å². The number of carbonyl (C=O) groups excluding carboxylic acids is 2. The smallest absolute Gasteiger partial charge is 0.223 e. The maximum atomic E-state index is 13.3. The van der Waals surface area contributed by atoms with Gasteiger partial charge in [-0.3, -0.25) is 14.3 Å². The number of nitrogens with zero attached hydrogens (tertiary/aromatic N) is 5. The number of likely N-dealkylation sites (N-methyl/N-ethyl adjacent to an activating group) is 1. The van der Waals surface area contributed by atoms with Crippen molar-refractivity contribution >= 4 is 23.4 Å². The average molecular weight is 502 g/mol. The third-order valence-electron chi connectivity index (χ3n) is 7.29. The molecule has 2 aliphatic heterocycles. The van der Waals surface area contributed by atoms with Crippen molar-refractivity contribution in [3.8, 4) is 5.75 Å². The van der Waals surface area contributed by atoms with E-state index >= 15 is 0 Å². The molecule has 2 amide bonds. The fourth-order valence-corrected chi connectivity index (χ4v) is 5.07. The number of aromatic nitrogens is 2. The van der Waals surface area contributed by atoms with E-state index in [1.807, 2.05) is 47.4 Å². The lowest BCUT2D eigenvalue weighted by Crippen LogP contribution is -2.51. The second-order valence-corrected chi connectivity index (χ2v) is 10.4. The Morgan fingerprint density at radius 3 is 2.40 bits per heavy atom. The molecule has 2 aromatic rings. The fourth-order valence-electron chi connectivity index (χ4n) is 4.89. The topological polar surface area (TPSA) is 70.9 Å². The normalized spacial score (nSPS) is 18.5. The SMILES string of the molecule is CN1CCN(C(=O)CC2(COc3cccc(Cl)c3)CCN(C(=O)CCc3cnn(C)c3)CC2)CC1. The van der Waals surface area contributed by atoms with Gasteiger partial charge in [-0.1, -0.05) is 17.7 Å². The van der Waals surface area contributed by atoms with E-state index in [9.17, 15) is 9.59 Å². The standard InChI is InChI=1S/C26H36ClN5O3/c1-29-12-14-32(15-13-29)25(34)17-26(20-35-23-5-3-4-22(27)16-23)8-10-31(11-9-26)24(33)7-6-21-18-28-30(2)19-21/h3-5,16,18-19H,6-15,17,20H2,1-2H3. The fraction of sp³-hybridized carbons (Fsp3) is 0.577. The van der Waals surface area contributed by atoms with Crippen LogP contribution in [0.4, 0.5) is 0 Å². The molecule has 0 unspecified atom stereocenters. The summed E-state index contributed by atoms with van der Waals surface area (Å²) >= 11 is 6.13. The Labute approximate surface area is 212 Å². The lowest BCUT2D eigenvalue weighted by atomic mass is 9.75. The Balaban J connectivity index is 1.37. The molecule has 0 spiro atoms. The van der Waals surface area contributed by atoms with Gasteiger partial charge >= 0.3 is 0 Å². The van der Waals surface area contributed by atoms with Crippen molar-refractivity contribution in [2.24, 2.45) is 12.5 Å². The van der Waals surface area contributed by atoms with Crippen LogP contribution < -0.4 is 4.74 Å². The summed E-state index contributed by atoms with van der Waals surface area (Å²) in [5, 5.41) is 4.80. The summed E-state index contributed by atoms with van der Waals surface area (Å²) in [7, 11) is 3.97. The summed E-state index contributed by atoms with van der Waals surface area (Å²) in [5.74, 6) is 1.05. The molecule has 3 heterocycles. The van der Waals surface area contributed by atoms with Crippen molar-refractivity contribution in [2.45, 2.75) is 32.1 Å². The molecular weight excluding hydrogens is 466 g/mol. The van der Waals surface area contributed by atoms with Gasteiger partial charge in [0.05, 0.1) is 12.8 Å². The van der Waals surface area contributed by atoms with Crippen LogP contribution in [0.15, 0.2) is 36.7 Å². The van der Waals surface area contributed by atoms with Crippen LogP contribution in [-0.2, 0) is 23.1 Å². The number of hydrogen-bond donors (Lipinski definition) is 0. The third kappa shape index (κ3) is 6.98. The van der Waals surface area contributed by atoms with Gasteiger partial charge in [0.2, 0.25) is 11.8 Å². The van der Waals surface area contributed by atoms with E-state index in [2.05, 4.69) is 17.0 Å². The number of piperidine rings is 1. The van der Waals surface area contributed by atoms with Crippen LogP contribution in [0.1, 0.15) is 31.2 Å². The molecule has 0 aliphatic carbocycles. The van der Waals surface area contributed by atoms with Crippen LogP contribution in [0, 0.1) is 5.41 Å². The van der Waals surface area contributed by atoms with Crippen molar-refractivity contribution in [1.82, 2.24) is 24.5 Å². The molecule has 2 aliphatic rings. The largest absolute Gasteiger partial charge is 0.493 e. The predicted molar refractivity (Wildman–Crippen MR) is 135 cm³/mol. The van der Waals surface area contributed by atoms with Crippen molar-refractivity contribution < 1.29 is 14.3 Å². The molecule has 8 nitrogen and oxygen atoms in total. The molecule has 0 saturated carbocycles. The van der Waals surface area contributed by atoms with E-state index < -0.39 is 0 Å². The first-order chi connectivity index (χ1) is 16.8. The lowest BCUT2D eigenvalue weighted by molar-refractivity contribution is -0.139. The zero-order valence-corrected chi connectivity index (χ0v) is 21.5. The second kappa shape index (κ2) is 11.4. The van der Waals surface area contributed by atoms with Gasteiger partial charge in [0.25, 0.3) is 0 Å². The van der Waals surface area contributed by atoms with Gasteiger partial charge in [-0.2, -0.15) is 5.10 Å². The zero-order valence-electron chi connectivity index (χ0n) is 20.8. The molecule has 1 aromatic carbocycles. The number of halogens is 1.